The van der Waals surface area contributed by atoms with Crippen molar-refractivity contribution in [3.05, 3.63) is 164 Å². The molecule has 50 heavy (non-hydrogen) atoms. The fourth-order valence-electron chi connectivity index (χ4n) is 6.91. The van der Waals surface area contributed by atoms with E-state index in [1.165, 1.54) is 0 Å². The Hall–Kier alpha value is -6.85. The molecule has 10 rings (SSSR count). The molecular weight excluding hydrogens is 611 g/mol. The zero-order valence-electron chi connectivity index (χ0n) is 26.8. The van der Waals surface area contributed by atoms with Crippen LogP contribution in [0.15, 0.2) is 164 Å². The molecule has 10 aromatic rings. The van der Waals surface area contributed by atoms with Gasteiger partial charge in [0, 0.05) is 56.0 Å². The molecule has 0 saturated heterocycles. The number of para-hydroxylation sites is 1. The minimum Gasteiger partial charge on any atom is -0.256 e. The van der Waals surface area contributed by atoms with Crippen LogP contribution in [-0.4, -0.2) is 24.9 Å². The van der Waals surface area contributed by atoms with E-state index in [1.807, 2.05) is 24.5 Å². The number of hydrogen-bond donors (Lipinski definition) is 0. The van der Waals surface area contributed by atoms with Crippen LogP contribution in [0.1, 0.15) is 0 Å². The number of pyridine rings is 5. The Labute approximate surface area is 287 Å². The van der Waals surface area contributed by atoms with Crippen LogP contribution in [0.5, 0.6) is 0 Å². The van der Waals surface area contributed by atoms with Gasteiger partial charge in [-0.2, -0.15) is 0 Å². The Morgan fingerprint density at radius 3 is 1.44 bits per heavy atom. The van der Waals surface area contributed by atoms with Crippen LogP contribution in [0.25, 0.3) is 99.4 Å². The van der Waals surface area contributed by atoms with Crippen molar-refractivity contribution < 1.29 is 0 Å². The van der Waals surface area contributed by atoms with E-state index in [0.717, 1.165) is 99.4 Å². The molecule has 0 radical (unpaired) electrons. The highest BCUT2D eigenvalue weighted by atomic mass is 14.8. The number of aromatic nitrogens is 5. The van der Waals surface area contributed by atoms with Gasteiger partial charge < -0.3 is 0 Å². The molecule has 232 valence electrons. The molecule has 5 aromatic carbocycles. The van der Waals surface area contributed by atoms with Gasteiger partial charge in [0.05, 0.1) is 44.7 Å². The average Bonchev–Trinajstić information content (AvgIpc) is 3.19. The number of nitrogens with zero attached hydrogens (tertiary/aromatic N) is 5. The highest BCUT2D eigenvalue weighted by Crippen LogP contribution is 2.32. The standard InChI is InChI=1S/C45H27N5/c1-4-32-5-2-24-46-43(32)37(7-1)40-23-19-31-13-17-36(27-42(31)49-40)35-16-12-30-18-21-38(48-41(30)26-35)28-8-10-29(11-9-28)39-22-20-34-15-14-33-6-3-25-47-44(33)45(34)50-39/h1-27H. The van der Waals surface area contributed by atoms with Gasteiger partial charge in [0.15, 0.2) is 0 Å². The highest BCUT2D eigenvalue weighted by Gasteiger charge is 2.11. The van der Waals surface area contributed by atoms with Crippen LogP contribution in [0.4, 0.5) is 0 Å². The SMILES string of the molecule is c1cnc2c(-c3ccc4ccc(-c5ccc6ccc(-c7ccc(-c8ccc9ccc%10cccnc%10c9n8)cc7)nc6c5)cc4n3)cccc2c1. The van der Waals surface area contributed by atoms with E-state index < -0.39 is 0 Å². The molecule has 5 aromatic heterocycles. The van der Waals surface area contributed by atoms with Gasteiger partial charge >= 0.3 is 0 Å². The van der Waals surface area contributed by atoms with E-state index in [9.17, 15) is 0 Å². The summed E-state index contributed by atoms with van der Waals surface area (Å²) in [6.45, 7) is 0. The fourth-order valence-corrected chi connectivity index (χ4v) is 6.91. The second-order valence-electron chi connectivity index (χ2n) is 12.6. The van der Waals surface area contributed by atoms with Crippen molar-refractivity contribution in [3.8, 4) is 44.9 Å². The lowest BCUT2D eigenvalue weighted by Gasteiger charge is -2.10. The van der Waals surface area contributed by atoms with E-state index >= 15 is 0 Å². The van der Waals surface area contributed by atoms with E-state index in [1.54, 1.807) is 0 Å². The van der Waals surface area contributed by atoms with E-state index in [0.29, 0.717) is 0 Å². The van der Waals surface area contributed by atoms with Gasteiger partial charge in [-0.05, 0) is 53.6 Å². The summed E-state index contributed by atoms with van der Waals surface area (Å²) < 4.78 is 0. The monoisotopic (exact) mass is 637 g/mol. The van der Waals surface area contributed by atoms with Gasteiger partial charge in [-0.25, -0.2) is 15.0 Å². The maximum absolute atomic E-state index is 5.11. The Morgan fingerprint density at radius 1 is 0.300 bits per heavy atom. The lowest BCUT2D eigenvalue weighted by atomic mass is 10.0. The van der Waals surface area contributed by atoms with Crippen molar-refractivity contribution in [2.75, 3.05) is 0 Å². The fraction of sp³-hybridized carbons (Fsp3) is 0. The molecule has 0 saturated carbocycles. The van der Waals surface area contributed by atoms with Crippen molar-refractivity contribution in [2.24, 2.45) is 0 Å². The third-order valence-electron chi connectivity index (χ3n) is 9.53. The number of benzene rings is 5. The van der Waals surface area contributed by atoms with Crippen LogP contribution in [0.2, 0.25) is 0 Å². The van der Waals surface area contributed by atoms with Crippen LogP contribution < -0.4 is 0 Å². The molecule has 5 heteroatoms. The van der Waals surface area contributed by atoms with Crippen molar-refractivity contribution in [1.82, 2.24) is 24.9 Å². The molecule has 5 heterocycles. The molecule has 0 spiro atoms. The second kappa shape index (κ2) is 11.4. The minimum absolute atomic E-state index is 0.914. The first kappa shape index (κ1) is 28.2. The summed E-state index contributed by atoms with van der Waals surface area (Å²) in [5, 5.41) is 5.47. The Kier molecular flexibility index (Phi) is 6.42. The summed E-state index contributed by atoms with van der Waals surface area (Å²) >= 11 is 0. The Bertz CT molecular complexity index is 2930. The van der Waals surface area contributed by atoms with Crippen LogP contribution in [-0.2, 0) is 0 Å². The summed E-state index contributed by atoms with van der Waals surface area (Å²) in [7, 11) is 0. The van der Waals surface area contributed by atoms with Crippen molar-refractivity contribution in [1.29, 1.82) is 0 Å². The smallest absolute Gasteiger partial charge is 0.0972 e. The highest BCUT2D eigenvalue weighted by molar-refractivity contribution is 6.03. The van der Waals surface area contributed by atoms with Gasteiger partial charge in [0.25, 0.3) is 0 Å². The Morgan fingerprint density at radius 2 is 0.760 bits per heavy atom. The lowest BCUT2D eigenvalue weighted by molar-refractivity contribution is 1.36. The normalized spacial score (nSPS) is 11.6. The molecule has 0 bridgehead atoms. The quantitative estimate of drug-likeness (QED) is 0.180. The number of rotatable bonds is 4. The second-order valence-corrected chi connectivity index (χ2v) is 12.6. The van der Waals surface area contributed by atoms with Gasteiger partial charge in [-0.15, -0.1) is 0 Å². The molecule has 0 atom stereocenters. The van der Waals surface area contributed by atoms with Gasteiger partial charge in [0.1, 0.15) is 0 Å². The average molecular weight is 638 g/mol. The Balaban J connectivity index is 0.976. The lowest BCUT2D eigenvalue weighted by Crippen LogP contribution is -1.90. The molecule has 0 N–H and O–H groups in total. The summed E-state index contributed by atoms with van der Waals surface area (Å²) in [5.74, 6) is 0. The van der Waals surface area contributed by atoms with Crippen LogP contribution in [0.3, 0.4) is 0 Å². The zero-order chi connectivity index (χ0) is 33.0. The zero-order valence-corrected chi connectivity index (χ0v) is 26.8. The molecule has 0 aliphatic carbocycles. The van der Waals surface area contributed by atoms with Crippen LogP contribution in [0, 0.1) is 0 Å². The van der Waals surface area contributed by atoms with E-state index in [-0.39, 0.29) is 0 Å². The van der Waals surface area contributed by atoms with Gasteiger partial charge in [-0.3, -0.25) is 9.97 Å². The topological polar surface area (TPSA) is 64.5 Å². The molecule has 5 nitrogen and oxygen atoms in total. The molecule has 0 fully saturated rings. The molecular formula is C45H27N5. The van der Waals surface area contributed by atoms with E-state index in [2.05, 4.69) is 149 Å². The van der Waals surface area contributed by atoms with Crippen molar-refractivity contribution >= 4 is 54.5 Å². The predicted molar refractivity (Wildman–Crippen MR) is 205 cm³/mol. The van der Waals surface area contributed by atoms with Gasteiger partial charge in [-0.1, -0.05) is 109 Å². The van der Waals surface area contributed by atoms with Crippen molar-refractivity contribution in [3.63, 3.8) is 0 Å². The third-order valence-corrected chi connectivity index (χ3v) is 9.53. The molecule has 0 aliphatic rings. The first-order valence-corrected chi connectivity index (χ1v) is 16.7. The predicted octanol–water partition coefficient (Wildman–Crippen LogP) is 11.1. The maximum atomic E-state index is 5.11. The summed E-state index contributed by atoms with van der Waals surface area (Å²) in [6.07, 6.45) is 3.66. The largest absolute Gasteiger partial charge is 0.256 e. The van der Waals surface area contributed by atoms with E-state index in [4.69, 9.17) is 15.0 Å². The molecule has 0 unspecified atom stereocenters. The van der Waals surface area contributed by atoms with Crippen molar-refractivity contribution in [2.45, 2.75) is 0 Å². The van der Waals surface area contributed by atoms with Crippen LogP contribution >= 0.6 is 0 Å². The maximum Gasteiger partial charge on any atom is 0.0972 e. The molecule has 0 aliphatic heterocycles. The summed E-state index contributed by atoms with van der Waals surface area (Å²) in [6, 6.07) is 52.6. The molecule has 0 amide bonds. The first-order chi connectivity index (χ1) is 24.7. The first-order valence-electron chi connectivity index (χ1n) is 16.7. The number of fused-ring (bicyclic) bond motifs is 6. The third kappa shape index (κ3) is 4.83. The summed E-state index contributed by atoms with van der Waals surface area (Å²) in [5.41, 5.74) is 12.8. The minimum atomic E-state index is 0.914. The summed E-state index contributed by atoms with van der Waals surface area (Å²) in [4.78, 5) is 24.5. The number of hydrogen-bond acceptors (Lipinski definition) is 5. The van der Waals surface area contributed by atoms with Gasteiger partial charge in [0.2, 0.25) is 0 Å².